The average molecular weight is 266 g/mol. The zero-order chi connectivity index (χ0) is 14.4. The molecule has 0 aromatic heterocycles. The highest BCUT2D eigenvalue weighted by Gasteiger charge is 2.25. The Balaban J connectivity index is 0.000000861. The van der Waals surface area contributed by atoms with Crippen LogP contribution < -0.4 is 4.90 Å². The number of benzene rings is 1. The van der Waals surface area contributed by atoms with Gasteiger partial charge in [0.25, 0.3) is 0 Å². The van der Waals surface area contributed by atoms with Crippen molar-refractivity contribution in [1.29, 1.82) is 0 Å². The summed E-state index contributed by atoms with van der Waals surface area (Å²) in [5.74, 6) is -0.168. The van der Waals surface area contributed by atoms with Gasteiger partial charge in [-0.1, -0.05) is 13.8 Å². The molecule has 1 fully saturated rings. The molecule has 0 spiro atoms. The average Bonchev–Trinajstić information content (AvgIpc) is 2.44. The molecular weight excluding hydrogens is 239 g/mol. The molecule has 1 aliphatic heterocycles. The number of hydrogen-bond donors (Lipinski definition) is 0. The highest BCUT2D eigenvalue weighted by atomic mass is 19.1. The Morgan fingerprint density at radius 1 is 1.21 bits per heavy atom. The Morgan fingerprint density at radius 2 is 1.79 bits per heavy atom. The molecular formula is C16H27FN2. The van der Waals surface area contributed by atoms with Gasteiger partial charge in [0.05, 0.1) is 0 Å². The van der Waals surface area contributed by atoms with Crippen molar-refractivity contribution in [1.82, 2.24) is 4.90 Å². The molecule has 3 heteroatoms. The quantitative estimate of drug-likeness (QED) is 0.804. The Labute approximate surface area is 117 Å². The van der Waals surface area contributed by atoms with E-state index in [2.05, 4.69) is 30.8 Å². The SMILES string of the molecule is CC.CC1CC(N(C)c2ccc(F)cc2)CCN1C. The Hall–Kier alpha value is -1.09. The number of hydrogen-bond acceptors (Lipinski definition) is 2. The van der Waals surface area contributed by atoms with Gasteiger partial charge >= 0.3 is 0 Å². The maximum absolute atomic E-state index is 12.9. The van der Waals surface area contributed by atoms with E-state index in [1.54, 1.807) is 0 Å². The summed E-state index contributed by atoms with van der Waals surface area (Å²) in [5, 5.41) is 0. The first kappa shape index (κ1) is 16.0. The van der Waals surface area contributed by atoms with Gasteiger partial charge in [-0.3, -0.25) is 0 Å². The second kappa shape index (κ2) is 7.49. The van der Waals surface area contributed by atoms with E-state index in [0.717, 1.165) is 12.2 Å². The van der Waals surface area contributed by atoms with Crippen LogP contribution in [-0.4, -0.2) is 37.6 Å². The van der Waals surface area contributed by atoms with E-state index in [1.807, 2.05) is 26.0 Å². The van der Waals surface area contributed by atoms with E-state index in [4.69, 9.17) is 0 Å². The van der Waals surface area contributed by atoms with Gasteiger partial charge in [-0.05, 0) is 51.1 Å². The molecule has 1 saturated heterocycles. The molecule has 1 aromatic rings. The summed E-state index contributed by atoms with van der Waals surface area (Å²) in [7, 11) is 4.29. The van der Waals surface area contributed by atoms with Crippen molar-refractivity contribution < 1.29 is 4.39 Å². The number of halogens is 1. The van der Waals surface area contributed by atoms with Crippen LogP contribution in [0.15, 0.2) is 24.3 Å². The fourth-order valence-corrected chi connectivity index (χ4v) is 2.50. The van der Waals surface area contributed by atoms with Gasteiger partial charge in [0.2, 0.25) is 0 Å². The Kier molecular flexibility index (Phi) is 6.29. The summed E-state index contributed by atoms with van der Waals surface area (Å²) in [4.78, 5) is 4.68. The lowest BCUT2D eigenvalue weighted by molar-refractivity contribution is 0.181. The van der Waals surface area contributed by atoms with E-state index in [9.17, 15) is 4.39 Å². The summed E-state index contributed by atoms with van der Waals surface area (Å²) in [6, 6.07) is 7.97. The normalized spacial score (nSPS) is 23.5. The summed E-state index contributed by atoms with van der Waals surface area (Å²) >= 11 is 0. The predicted octanol–water partition coefficient (Wildman–Crippen LogP) is 3.77. The van der Waals surface area contributed by atoms with E-state index < -0.39 is 0 Å². The van der Waals surface area contributed by atoms with Gasteiger partial charge in [0.1, 0.15) is 5.82 Å². The van der Waals surface area contributed by atoms with Crippen molar-refractivity contribution in [2.75, 3.05) is 25.5 Å². The maximum Gasteiger partial charge on any atom is 0.123 e. The fourth-order valence-electron chi connectivity index (χ4n) is 2.50. The number of nitrogens with zero attached hydrogens (tertiary/aromatic N) is 2. The van der Waals surface area contributed by atoms with E-state index in [-0.39, 0.29) is 5.82 Å². The third-order valence-electron chi connectivity index (χ3n) is 3.96. The van der Waals surface area contributed by atoms with Gasteiger partial charge < -0.3 is 9.80 Å². The van der Waals surface area contributed by atoms with Crippen LogP contribution in [0, 0.1) is 5.82 Å². The number of likely N-dealkylation sites (tertiary alicyclic amines) is 1. The molecule has 2 atom stereocenters. The molecule has 2 nitrogen and oxygen atoms in total. The molecule has 0 amide bonds. The topological polar surface area (TPSA) is 6.48 Å². The minimum atomic E-state index is -0.168. The van der Waals surface area contributed by atoms with Crippen molar-refractivity contribution in [2.45, 2.75) is 45.7 Å². The fraction of sp³-hybridized carbons (Fsp3) is 0.625. The van der Waals surface area contributed by atoms with Crippen LogP contribution in [-0.2, 0) is 0 Å². The smallest absolute Gasteiger partial charge is 0.123 e. The van der Waals surface area contributed by atoms with E-state index >= 15 is 0 Å². The minimum absolute atomic E-state index is 0.168. The minimum Gasteiger partial charge on any atom is -0.372 e. The van der Waals surface area contributed by atoms with Crippen molar-refractivity contribution >= 4 is 5.69 Å². The highest BCUT2D eigenvalue weighted by Crippen LogP contribution is 2.24. The van der Waals surface area contributed by atoms with Crippen LogP contribution in [0.4, 0.5) is 10.1 Å². The van der Waals surface area contributed by atoms with E-state index in [1.165, 1.54) is 25.0 Å². The molecule has 0 aliphatic carbocycles. The molecule has 0 saturated carbocycles. The molecule has 0 radical (unpaired) electrons. The highest BCUT2D eigenvalue weighted by molar-refractivity contribution is 5.46. The molecule has 0 N–H and O–H groups in total. The third kappa shape index (κ3) is 4.20. The maximum atomic E-state index is 12.9. The standard InChI is InChI=1S/C14H21FN2.C2H6/c1-11-10-14(8-9-16(11)2)17(3)13-6-4-12(15)5-7-13;1-2/h4-7,11,14H,8-10H2,1-3H3;1-2H3. The van der Waals surface area contributed by atoms with Gasteiger partial charge in [-0.15, -0.1) is 0 Å². The van der Waals surface area contributed by atoms with Crippen molar-refractivity contribution in [3.05, 3.63) is 30.1 Å². The van der Waals surface area contributed by atoms with E-state index in [0.29, 0.717) is 12.1 Å². The zero-order valence-corrected chi connectivity index (χ0v) is 12.9. The number of piperidine rings is 1. The zero-order valence-electron chi connectivity index (χ0n) is 12.9. The molecule has 19 heavy (non-hydrogen) atoms. The first-order valence-electron chi connectivity index (χ1n) is 7.26. The van der Waals surface area contributed by atoms with Crippen LogP contribution in [0.1, 0.15) is 33.6 Å². The second-order valence-corrected chi connectivity index (χ2v) is 5.10. The first-order chi connectivity index (χ1) is 9.08. The Morgan fingerprint density at radius 3 is 2.32 bits per heavy atom. The van der Waals surface area contributed by atoms with Crippen LogP contribution >= 0.6 is 0 Å². The van der Waals surface area contributed by atoms with Crippen LogP contribution in [0.25, 0.3) is 0 Å². The first-order valence-corrected chi connectivity index (χ1v) is 7.26. The van der Waals surface area contributed by atoms with Crippen molar-refractivity contribution in [3.63, 3.8) is 0 Å². The number of anilines is 1. The van der Waals surface area contributed by atoms with Crippen molar-refractivity contribution in [2.24, 2.45) is 0 Å². The Bertz CT molecular complexity index is 364. The van der Waals surface area contributed by atoms with Crippen LogP contribution in [0.2, 0.25) is 0 Å². The van der Waals surface area contributed by atoms with Gasteiger partial charge in [-0.25, -0.2) is 4.39 Å². The molecule has 1 aliphatic rings. The molecule has 1 aromatic carbocycles. The largest absolute Gasteiger partial charge is 0.372 e. The lowest BCUT2D eigenvalue weighted by atomic mass is 9.97. The monoisotopic (exact) mass is 266 g/mol. The summed E-state index contributed by atoms with van der Waals surface area (Å²) in [5.41, 5.74) is 1.10. The third-order valence-corrected chi connectivity index (χ3v) is 3.96. The van der Waals surface area contributed by atoms with Crippen LogP contribution in [0.3, 0.4) is 0 Å². The lowest BCUT2D eigenvalue weighted by Gasteiger charge is -2.40. The van der Waals surface area contributed by atoms with Gasteiger partial charge in [0, 0.05) is 31.4 Å². The van der Waals surface area contributed by atoms with Crippen molar-refractivity contribution in [3.8, 4) is 0 Å². The van der Waals surface area contributed by atoms with Crippen LogP contribution in [0.5, 0.6) is 0 Å². The number of rotatable bonds is 2. The molecule has 2 unspecified atom stereocenters. The summed E-state index contributed by atoms with van der Waals surface area (Å²) < 4.78 is 12.9. The second-order valence-electron chi connectivity index (χ2n) is 5.10. The van der Waals surface area contributed by atoms with Gasteiger partial charge in [0.15, 0.2) is 0 Å². The summed E-state index contributed by atoms with van der Waals surface area (Å²) in [6.07, 6.45) is 2.35. The van der Waals surface area contributed by atoms with Gasteiger partial charge in [-0.2, -0.15) is 0 Å². The predicted molar refractivity (Wildman–Crippen MR) is 81.3 cm³/mol. The molecule has 108 valence electrons. The molecule has 2 rings (SSSR count). The molecule has 1 heterocycles. The summed E-state index contributed by atoms with van der Waals surface area (Å²) in [6.45, 7) is 7.40. The molecule has 0 bridgehead atoms. The lowest BCUT2D eigenvalue weighted by Crippen LogP contribution is -2.46.